The van der Waals surface area contributed by atoms with Gasteiger partial charge in [0.05, 0.1) is 6.61 Å². The smallest absolute Gasteiger partial charge is 0.457 e. The van der Waals surface area contributed by atoms with E-state index in [4.69, 9.17) is 14.2 Å². The second-order valence-electron chi connectivity index (χ2n) is 11.4. The number of fused-ring (bicyclic) bond motifs is 5. The third-order valence-corrected chi connectivity index (χ3v) is 9.45. The molecule has 8 heteroatoms. The van der Waals surface area contributed by atoms with Crippen LogP contribution in [0.5, 0.6) is 0 Å². The van der Waals surface area contributed by atoms with Gasteiger partial charge in [-0.25, -0.2) is 4.79 Å². The molecule has 4 rings (SSSR count). The van der Waals surface area contributed by atoms with Crippen molar-refractivity contribution < 1.29 is 38.2 Å². The van der Waals surface area contributed by atoms with Crippen LogP contribution in [0.15, 0.2) is 23.8 Å². The number of unbranched alkanes of at least 4 members (excludes halogenated alkanes) is 1. The van der Waals surface area contributed by atoms with Gasteiger partial charge in [-0.3, -0.25) is 19.2 Å². The molecule has 0 aliphatic heterocycles. The molecule has 8 nitrogen and oxygen atoms in total. The van der Waals surface area contributed by atoms with Crippen LogP contribution in [-0.2, 0) is 33.4 Å². The number of allylic oxidation sites excluding steroid dienone is 4. The normalized spacial score (nSPS) is 36.1. The van der Waals surface area contributed by atoms with E-state index in [2.05, 4.69) is 0 Å². The molecule has 0 heterocycles. The van der Waals surface area contributed by atoms with E-state index in [1.165, 1.54) is 0 Å². The lowest BCUT2D eigenvalue weighted by molar-refractivity contribution is -0.176. The van der Waals surface area contributed by atoms with Crippen molar-refractivity contribution in [3.05, 3.63) is 23.8 Å². The summed E-state index contributed by atoms with van der Waals surface area (Å²) in [5.41, 5.74) is -2.14. The topological polar surface area (TPSA) is 113 Å². The van der Waals surface area contributed by atoms with Crippen LogP contribution < -0.4 is 0 Å². The van der Waals surface area contributed by atoms with Gasteiger partial charge in [0.1, 0.15) is 5.78 Å². The zero-order valence-corrected chi connectivity index (χ0v) is 22.3. The number of Topliss-reactive ketones (excluding diaryl/α,β-unsaturated/α-hetero) is 2. The van der Waals surface area contributed by atoms with Crippen LogP contribution in [0.3, 0.4) is 0 Å². The van der Waals surface area contributed by atoms with E-state index in [-0.39, 0.29) is 55.2 Å². The molecule has 3 saturated carbocycles. The van der Waals surface area contributed by atoms with E-state index >= 15 is 0 Å². The number of esters is 1. The van der Waals surface area contributed by atoms with Crippen LogP contribution in [0.4, 0.5) is 4.79 Å². The maximum atomic E-state index is 13.9. The summed E-state index contributed by atoms with van der Waals surface area (Å²) in [6.45, 7) is 7.06. The standard InChI is InChI=1S/C29H38O8/c1-5-7-8-24(33)36-17-23(32)29(37-26(34)35-6-2)14-12-21-20-10-9-18-15-19(30)11-13-27(18,3)25(20)22(31)16-28(21,29)4/h11,13,15,20-21,25H,5-10,12,14,16-17H2,1-4H3/t20-,21-,25+,27-,28-,29-/m0/s1. The zero-order chi connectivity index (χ0) is 27.0. The Hall–Kier alpha value is -2.77. The highest BCUT2D eigenvalue weighted by Gasteiger charge is 2.70. The van der Waals surface area contributed by atoms with Gasteiger partial charge in [-0.05, 0) is 63.0 Å². The summed E-state index contributed by atoms with van der Waals surface area (Å²) >= 11 is 0. The Balaban J connectivity index is 1.66. The fourth-order valence-electron chi connectivity index (χ4n) is 7.65. The number of carbonyl (C=O) groups excluding carboxylic acids is 5. The molecule has 0 N–H and O–H groups in total. The van der Waals surface area contributed by atoms with Crippen LogP contribution >= 0.6 is 0 Å². The van der Waals surface area contributed by atoms with Crippen LogP contribution in [0.2, 0.25) is 0 Å². The van der Waals surface area contributed by atoms with Gasteiger partial charge in [-0.15, -0.1) is 0 Å². The fourth-order valence-corrected chi connectivity index (χ4v) is 7.65. The second kappa shape index (κ2) is 10.2. The third-order valence-electron chi connectivity index (χ3n) is 9.45. The predicted octanol–water partition coefficient (Wildman–Crippen LogP) is 4.69. The van der Waals surface area contributed by atoms with Gasteiger partial charge in [-0.2, -0.15) is 0 Å². The Labute approximate surface area is 218 Å². The van der Waals surface area contributed by atoms with Crippen molar-refractivity contribution in [1.29, 1.82) is 0 Å². The molecule has 0 saturated heterocycles. The Morgan fingerprint density at radius 2 is 1.84 bits per heavy atom. The SMILES string of the molecule is CCCCC(=O)OCC(=O)[C@@]1(OC(=O)OCC)CC[C@H]2[C@@H]3CCC4=CC(=O)C=C[C@]4(C)[C@H]3C(=O)C[C@@]21C. The van der Waals surface area contributed by atoms with E-state index in [1.54, 1.807) is 19.1 Å². The summed E-state index contributed by atoms with van der Waals surface area (Å²) in [7, 11) is 0. The highest BCUT2D eigenvalue weighted by atomic mass is 16.7. The predicted molar refractivity (Wildman–Crippen MR) is 133 cm³/mol. The highest BCUT2D eigenvalue weighted by molar-refractivity contribution is 6.02. The lowest BCUT2D eigenvalue weighted by atomic mass is 9.46. The highest BCUT2D eigenvalue weighted by Crippen LogP contribution is 2.67. The van der Waals surface area contributed by atoms with Crippen molar-refractivity contribution in [2.75, 3.05) is 13.2 Å². The van der Waals surface area contributed by atoms with Crippen LogP contribution in [0.1, 0.15) is 79.1 Å². The van der Waals surface area contributed by atoms with Crippen molar-refractivity contribution >= 4 is 29.5 Å². The molecule has 0 bridgehead atoms. The molecule has 0 amide bonds. The van der Waals surface area contributed by atoms with Crippen molar-refractivity contribution in [2.45, 2.75) is 84.7 Å². The lowest BCUT2D eigenvalue weighted by Gasteiger charge is -2.57. The fraction of sp³-hybridized carbons (Fsp3) is 0.690. The molecule has 3 fully saturated rings. The second-order valence-corrected chi connectivity index (χ2v) is 11.4. The van der Waals surface area contributed by atoms with Crippen molar-refractivity contribution in [3.8, 4) is 0 Å². The minimum Gasteiger partial charge on any atom is -0.457 e. The Bertz CT molecular complexity index is 1060. The number of hydrogen-bond donors (Lipinski definition) is 0. The van der Waals surface area contributed by atoms with E-state index < -0.39 is 40.9 Å². The molecule has 4 aliphatic rings. The third kappa shape index (κ3) is 4.46. The summed E-state index contributed by atoms with van der Waals surface area (Å²) < 4.78 is 16.2. The molecular weight excluding hydrogens is 476 g/mol. The van der Waals surface area contributed by atoms with Gasteiger partial charge in [0.15, 0.2) is 18.0 Å². The molecule has 0 unspecified atom stereocenters. The van der Waals surface area contributed by atoms with E-state index in [9.17, 15) is 24.0 Å². The van der Waals surface area contributed by atoms with Crippen LogP contribution in [0.25, 0.3) is 0 Å². The summed E-state index contributed by atoms with van der Waals surface area (Å²) in [5, 5.41) is 0. The largest absolute Gasteiger partial charge is 0.509 e. The summed E-state index contributed by atoms with van der Waals surface area (Å²) in [6.07, 6.45) is 8.12. The molecule has 0 spiro atoms. The molecule has 6 atom stereocenters. The zero-order valence-electron chi connectivity index (χ0n) is 22.3. The minimum atomic E-state index is -1.62. The quantitative estimate of drug-likeness (QED) is 0.429. The number of hydrogen-bond acceptors (Lipinski definition) is 8. The van der Waals surface area contributed by atoms with E-state index in [0.29, 0.717) is 19.3 Å². The molecule has 0 radical (unpaired) electrons. The Kier molecular flexibility index (Phi) is 7.50. The van der Waals surface area contributed by atoms with Gasteiger partial charge in [0.25, 0.3) is 0 Å². The van der Waals surface area contributed by atoms with E-state index in [0.717, 1.165) is 18.4 Å². The number of ether oxygens (including phenoxy) is 3. The molecule has 202 valence electrons. The average molecular weight is 515 g/mol. The average Bonchev–Trinajstić information content (AvgIpc) is 3.13. The first-order valence-corrected chi connectivity index (χ1v) is 13.5. The van der Waals surface area contributed by atoms with Crippen molar-refractivity contribution in [2.24, 2.45) is 28.6 Å². The molecule has 37 heavy (non-hydrogen) atoms. The number of carbonyl (C=O) groups is 5. The monoisotopic (exact) mass is 514 g/mol. The Morgan fingerprint density at radius 3 is 2.54 bits per heavy atom. The number of rotatable bonds is 8. The van der Waals surface area contributed by atoms with Gasteiger partial charge in [0.2, 0.25) is 5.78 Å². The first kappa shape index (κ1) is 27.3. The lowest BCUT2D eigenvalue weighted by Crippen LogP contribution is -2.62. The first-order chi connectivity index (χ1) is 17.5. The molecule has 0 aromatic heterocycles. The summed E-state index contributed by atoms with van der Waals surface area (Å²) in [6, 6.07) is 0. The minimum absolute atomic E-state index is 0.00215. The van der Waals surface area contributed by atoms with Gasteiger partial charge in [0, 0.05) is 29.6 Å². The molecule has 0 aromatic rings. The van der Waals surface area contributed by atoms with Crippen LogP contribution in [0, 0.1) is 28.6 Å². The Morgan fingerprint density at radius 1 is 1.08 bits per heavy atom. The maximum Gasteiger partial charge on any atom is 0.509 e. The van der Waals surface area contributed by atoms with Crippen LogP contribution in [-0.4, -0.2) is 48.3 Å². The van der Waals surface area contributed by atoms with Gasteiger partial charge in [-0.1, -0.05) is 38.8 Å². The van der Waals surface area contributed by atoms with Gasteiger partial charge < -0.3 is 14.2 Å². The first-order valence-electron chi connectivity index (χ1n) is 13.5. The van der Waals surface area contributed by atoms with Crippen molar-refractivity contribution in [3.63, 3.8) is 0 Å². The summed E-state index contributed by atoms with van der Waals surface area (Å²) in [4.78, 5) is 64.5. The van der Waals surface area contributed by atoms with Gasteiger partial charge >= 0.3 is 12.1 Å². The maximum absolute atomic E-state index is 13.9. The molecule has 0 aromatic carbocycles. The van der Waals surface area contributed by atoms with E-state index in [1.807, 2.05) is 26.8 Å². The molecule has 4 aliphatic carbocycles. The molecular formula is C29H38O8. The van der Waals surface area contributed by atoms with Crippen molar-refractivity contribution in [1.82, 2.24) is 0 Å². The summed E-state index contributed by atoms with van der Waals surface area (Å²) in [5.74, 6) is -1.43. The number of ketones is 3.